The summed E-state index contributed by atoms with van der Waals surface area (Å²) in [6.07, 6.45) is 0.666. The van der Waals surface area contributed by atoms with Crippen molar-refractivity contribution >= 4 is 37.6 Å². The molecule has 9 nitrogen and oxygen atoms in total. The Morgan fingerprint density at radius 1 is 1.50 bits per heavy atom. The molecular weight excluding hydrogens is 356 g/mol. The number of rotatable bonds is 8. The summed E-state index contributed by atoms with van der Waals surface area (Å²) in [5.41, 5.74) is -0.151. The van der Waals surface area contributed by atoms with Crippen molar-refractivity contribution in [2.75, 3.05) is 17.6 Å². The lowest BCUT2D eigenvalue weighted by atomic mass is 10.3. The maximum atomic E-state index is 11.0. The van der Waals surface area contributed by atoms with Crippen LogP contribution in [-0.2, 0) is 16.7 Å². The largest absolute Gasteiger partial charge is 0.365 e. The van der Waals surface area contributed by atoms with Gasteiger partial charge in [-0.05, 0) is 35.7 Å². The zero-order valence-corrected chi connectivity index (χ0v) is 13.1. The molecule has 1 aromatic heterocycles. The second-order valence-electron chi connectivity index (χ2n) is 3.99. The molecular formula is C9H15BrN4O5S. The second-order valence-corrected chi connectivity index (χ2v) is 6.31. The Bertz CT molecular complexity index is 585. The molecule has 0 aromatic carbocycles. The van der Waals surface area contributed by atoms with E-state index >= 15 is 0 Å². The molecule has 0 radical (unpaired) electrons. The highest BCUT2D eigenvalue weighted by atomic mass is 79.9. The Hall–Kier alpha value is -1.20. The third-order valence-corrected chi connectivity index (χ3v) is 3.77. The van der Waals surface area contributed by atoms with E-state index in [1.54, 1.807) is 6.92 Å². The summed E-state index contributed by atoms with van der Waals surface area (Å²) < 4.78 is 31.3. The van der Waals surface area contributed by atoms with Gasteiger partial charge in [-0.15, -0.1) is 0 Å². The topological polar surface area (TPSA) is 127 Å². The van der Waals surface area contributed by atoms with Crippen LogP contribution in [0.3, 0.4) is 0 Å². The van der Waals surface area contributed by atoms with Crippen LogP contribution in [0.15, 0.2) is 4.60 Å². The van der Waals surface area contributed by atoms with E-state index < -0.39 is 15.0 Å². The number of nitrogens with zero attached hydrogens (tertiary/aromatic N) is 3. The summed E-state index contributed by atoms with van der Waals surface area (Å²) >= 11 is 3.03. The van der Waals surface area contributed by atoms with Crippen LogP contribution >= 0.6 is 15.9 Å². The first-order chi connectivity index (χ1) is 9.26. The summed E-state index contributed by atoms with van der Waals surface area (Å²) in [6.45, 7) is 2.60. The highest BCUT2D eigenvalue weighted by Gasteiger charge is 2.25. The molecule has 11 heteroatoms. The fourth-order valence-corrected chi connectivity index (χ4v) is 2.73. The monoisotopic (exact) mass is 370 g/mol. The van der Waals surface area contributed by atoms with Crippen LogP contribution in [0.4, 0.5) is 11.5 Å². The van der Waals surface area contributed by atoms with Gasteiger partial charge < -0.3 is 5.32 Å². The SMILES string of the molecule is CCNc1c([N+](=O)[O-])c(Br)nn1CCCCS(=O)(=O)O. The van der Waals surface area contributed by atoms with Crippen molar-refractivity contribution in [3.8, 4) is 0 Å². The number of unbranched alkanes of at least 4 members (excludes halogenated alkanes) is 1. The van der Waals surface area contributed by atoms with Crippen molar-refractivity contribution in [2.45, 2.75) is 26.3 Å². The lowest BCUT2D eigenvalue weighted by Crippen LogP contribution is -2.10. The van der Waals surface area contributed by atoms with Crippen LogP contribution in [0.5, 0.6) is 0 Å². The quantitative estimate of drug-likeness (QED) is 0.308. The summed E-state index contributed by atoms with van der Waals surface area (Å²) in [6, 6.07) is 0. The summed E-state index contributed by atoms with van der Waals surface area (Å²) in [5.74, 6) is -0.0649. The fraction of sp³-hybridized carbons (Fsp3) is 0.667. The highest BCUT2D eigenvalue weighted by molar-refractivity contribution is 9.10. The van der Waals surface area contributed by atoms with E-state index in [4.69, 9.17) is 4.55 Å². The normalized spacial score (nSPS) is 11.6. The zero-order valence-electron chi connectivity index (χ0n) is 10.7. The number of halogens is 1. The van der Waals surface area contributed by atoms with Gasteiger partial charge in [0.25, 0.3) is 10.1 Å². The van der Waals surface area contributed by atoms with Crippen LogP contribution in [0.2, 0.25) is 0 Å². The molecule has 0 amide bonds. The predicted molar refractivity (Wildman–Crippen MR) is 76.4 cm³/mol. The number of hydrogen-bond acceptors (Lipinski definition) is 6. The molecule has 2 N–H and O–H groups in total. The number of aromatic nitrogens is 2. The van der Waals surface area contributed by atoms with E-state index in [0.29, 0.717) is 19.5 Å². The average Bonchev–Trinajstić information content (AvgIpc) is 2.60. The van der Waals surface area contributed by atoms with Gasteiger partial charge in [0, 0.05) is 13.1 Å². The molecule has 1 rings (SSSR count). The molecule has 1 heterocycles. The molecule has 0 atom stereocenters. The molecule has 0 saturated heterocycles. The molecule has 0 aliphatic rings. The third kappa shape index (κ3) is 4.72. The highest BCUT2D eigenvalue weighted by Crippen LogP contribution is 2.32. The summed E-state index contributed by atoms with van der Waals surface area (Å²) in [4.78, 5) is 10.4. The van der Waals surface area contributed by atoms with E-state index in [2.05, 4.69) is 26.3 Å². The van der Waals surface area contributed by atoms with Crippen LogP contribution in [0.25, 0.3) is 0 Å². The Balaban J connectivity index is 2.79. The minimum absolute atomic E-state index is 0.119. The van der Waals surface area contributed by atoms with Crippen molar-refractivity contribution in [2.24, 2.45) is 0 Å². The second kappa shape index (κ2) is 6.99. The minimum Gasteiger partial charge on any atom is -0.365 e. The van der Waals surface area contributed by atoms with Gasteiger partial charge in [-0.2, -0.15) is 13.5 Å². The third-order valence-electron chi connectivity index (χ3n) is 2.44. The molecule has 0 aliphatic carbocycles. The Morgan fingerprint density at radius 3 is 2.65 bits per heavy atom. The molecule has 0 bridgehead atoms. The molecule has 0 saturated carbocycles. The van der Waals surface area contributed by atoms with E-state index in [1.165, 1.54) is 4.68 Å². The minimum atomic E-state index is -3.98. The van der Waals surface area contributed by atoms with Crippen molar-refractivity contribution in [3.05, 3.63) is 14.7 Å². The lowest BCUT2D eigenvalue weighted by molar-refractivity contribution is -0.384. The van der Waals surface area contributed by atoms with Gasteiger partial charge in [0.15, 0.2) is 0 Å². The Kier molecular flexibility index (Phi) is 5.89. The van der Waals surface area contributed by atoms with E-state index in [-0.39, 0.29) is 28.3 Å². The standard InChI is InChI=1S/C9H15BrN4O5S/c1-2-11-9-7(14(15)16)8(10)12-13(9)5-3-4-6-20(17,18)19/h11H,2-6H2,1H3,(H,17,18,19). The number of aryl methyl sites for hydroxylation is 1. The van der Waals surface area contributed by atoms with E-state index in [0.717, 1.165) is 0 Å². The lowest BCUT2D eigenvalue weighted by Gasteiger charge is -2.07. The van der Waals surface area contributed by atoms with Crippen LogP contribution < -0.4 is 5.32 Å². The van der Waals surface area contributed by atoms with Crippen molar-refractivity contribution in [1.29, 1.82) is 0 Å². The first kappa shape index (κ1) is 16.9. The number of anilines is 1. The maximum Gasteiger partial charge on any atom is 0.345 e. The molecule has 0 aliphatic heterocycles. The zero-order chi connectivity index (χ0) is 15.3. The maximum absolute atomic E-state index is 11.0. The van der Waals surface area contributed by atoms with E-state index in [1.807, 2.05) is 0 Å². The number of nitro groups is 1. The van der Waals surface area contributed by atoms with Crippen molar-refractivity contribution in [1.82, 2.24) is 9.78 Å². The molecule has 0 fully saturated rings. The molecule has 114 valence electrons. The van der Waals surface area contributed by atoms with Crippen LogP contribution in [0, 0.1) is 10.1 Å². The average molecular weight is 371 g/mol. The number of hydrogen-bond donors (Lipinski definition) is 2. The van der Waals surface area contributed by atoms with Crippen molar-refractivity contribution in [3.63, 3.8) is 0 Å². The summed E-state index contributed by atoms with van der Waals surface area (Å²) in [5, 5.41) is 17.8. The van der Waals surface area contributed by atoms with Crippen LogP contribution in [0.1, 0.15) is 19.8 Å². The first-order valence-corrected chi connectivity index (χ1v) is 8.26. The van der Waals surface area contributed by atoms with E-state index in [9.17, 15) is 18.5 Å². The summed E-state index contributed by atoms with van der Waals surface area (Å²) in [7, 11) is -3.98. The molecule has 0 spiro atoms. The number of nitrogens with one attached hydrogen (secondary N) is 1. The van der Waals surface area contributed by atoms with Gasteiger partial charge in [-0.1, -0.05) is 0 Å². The molecule has 20 heavy (non-hydrogen) atoms. The Morgan fingerprint density at radius 2 is 2.15 bits per heavy atom. The van der Waals surface area contributed by atoms with Gasteiger partial charge in [0.2, 0.25) is 10.4 Å². The van der Waals surface area contributed by atoms with Gasteiger partial charge in [0.05, 0.1) is 10.7 Å². The van der Waals surface area contributed by atoms with Gasteiger partial charge in [-0.25, -0.2) is 4.68 Å². The fourth-order valence-electron chi connectivity index (χ4n) is 1.64. The smallest absolute Gasteiger partial charge is 0.345 e. The predicted octanol–water partition coefficient (Wildman–Crippen LogP) is 1.65. The molecule has 1 aromatic rings. The first-order valence-electron chi connectivity index (χ1n) is 5.86. The van der Waals surface area contributed by atoms with Gasteiger partial charge >= 0.3 is 5.69 Å². The van der Waals surface area contributed by atoms with Gasteiger partial charge in [-0.3, -0.25) is 14.7 Å². The van der Waals surface area contributed by atoms with Gasteiger partial charge in [0.1, 0.15) is 0 Å². The molecule has 0 unspecified atom stereocenters. The van der Waals surface area contributed by atoms with Crippen molar-refractivity contribution < 1.29 is 17.9 Å². The van der Waals surface area contributed by atoms with Crippen LogP contribution in [-0.4, -0.2) is 40.0 Å². The Labute approximate surface area is 124 Å².